The van der Waals surface area contributed by atoms with E-state index in [2.05, 4.69) is 152 Å². The van der Waals surface area contributed by atoms with E-state index in [1.54, 1.807) is 0 Å². The first-order valence-electron chi connectivity index (χ1n) is 13.4. The van der Waals surface area contributed by atoms with Crippen molar-refractivity contribution in [2.45, 2.75) is 12.3 Å². The van der Waals surface area contributed by atoms with Gasteiger partial charge in [0.1, 0.15) is 0 Å². The van der Waals surface area contributed by atoms with Gasteiger partial charge in [0, 0.05) is 5.92 Å². The van der Waals surface area contributed by atoms with Crippen molar-refractivity contribution in [2.24, 2.45) is 0 Å². The lowest BCUT2D eigenvalue weighted by Crippen LogP contribution is -2.14. The highest BCUT2D eigenvalue weighted by atomic mass is 14.3. The third kappa shape index (κ3) is 4.05. The quantitative estimate of drug-likeness (QED) is 0.233. The Morgan fingerprint density at radius 3 is 1.53 bits per heavy atom. The van der Waals surface area contributed by atoms with Gasteiger partial charge in [0.15, 0.2) is 0 Å². The van der Waals surface area contributed by atoms with E-state index in [1.165, 1.54) is 61.2 Å². The molecule has 38 heavy (non-hydrogen) atoms. The van der Waals surface area contributed by atoms with E-state index in [1.807, 2.05) is 0 Å². The molecule has 0 radical (unpaired) electrons. The van der Waals surface area contributed by atoms with Gasteiger partial charge in [-0.3, -0.25) is 0 Å². The van der Waals surface area contributed by atoms with Gasteiger partial charge in [0.25, 0.3) is 0 Å². The van der Waals surface area contributed by atoms with Crippen molar-refractivity contribution in [3.63, 3.8) is 0 Å². The van der Waals surface area contributed by atoms with Crippen LogP contribution in [-0.4, -0.2) is 0 Å². The van der Waals surface area contributed by atoms with Crippen LogP contribution in [0.4, 0.5) is 0 Å². The number of hydrogen-bond acceptors (Lipinski definition) is 0. The van der Waals surface area contributed by atoms with Gasteiger partial charge >= 0.3 is 0 Å². The van der Waals surface area contributed by atoms with Gasteiger partial charge in [-0.1, -0.05) is 146 Å². The van der Waals surface area contributed by atoms with Crippen LogP contribution in [0.15, 0.2) is 152 Å². The van der Waals surface area contributed by atoms with Gasteiger partial charge in [-0.25, -0.2) is 0 Å². The van der Waals surface area contributed by atoms with Gasteiger partial charge in [-0.15, -0.1) is 0 Å². The average Bonchev–Trinajstić information content (AvgIpc) is 3.01. The lowest BCUT2D eigenvalue weighted by Gasteiger charge is -2.30. The summed E-state index contributed by atoms with van der Waals surface area (Å²) >= 11 is 0. The zero-order valence-electron chi connectivity index (χ0n) is 21.2. The standard InChI is InChI=1S/C38H28/c1-4-12-27(13-5-1)30-20-23-34-32(24-30)26-38(36-19-11-10-18-35(34)36)37-25-31(28-14-6-2-7-15-28)21-22-33(37)29-16-8-3-9-17-29/h1-25,38H,26H2. The summed E-state index contributed by atoms with van der Waals surface area (Å²) in [6.07, 6.45) is 0.977. The Hall–Kier alpha value is -4.68. The Morgan fingerprint density at radius 2 is 0.868 bits per heavy atom. The van der Waals surface area contributed by atoms with Crippen LogP contribution in [-0.2, 0) is 6.42 Å². The van der Waals surface area contributed by atoms with Crippen LogP contribution >= 0.6 is 0 Å². The second-order valence-electron chi connectivity index (χ2n) is 10.1. The van der Waals surface area contributed by atoms with Gasteiger partial charge in [-0.2, -0.15) is 0 Å². The molecule has 7 rings (SSSR count). The topological polar surface area (TPSA) is 0 Å². The number of benzene rings is 6. The van der Waals surface area contributed by atoms with Crippen molar-refractivity contribution in [3.05, 3.63) is 168 Å². The van der Waals surface area contributed by atoms with E-state index in [-0.39, 0.29) is 5.92 Å². The normalized spacial score (nSPS) is 13.9. The van der Waals surface area contributed by atoms with Crippen molar-refractivity contribution in [3.8, 4) is 44.5 Å². The third-order valence-electron chi connectivity index (χ3n) is 7.88. The molecule has 0 amide bonds. The van der Waals surface area contributed by atoms with Crippen LogP contribution < -0.4 is 0 Å². The predicted molar refractivity (Wildman–Crippen MR) is 160 cm³/mol. The molecule has 0 nitrogen and oxygen atoms in total. The molecule has 180 valence electrons. The molecular formula is C38H28. The van der Waals surface area contributed by atoms with Crippen LogP contribution in [0.25, 0.3) is 44.5 Å². The van der Waals surface area contributed by atoms with E-state index < -0.39 is 0 Å². The van der Waals surface area contributed by atoms with Crippen molar-refractivity contribution < 1.29 is 0 Å². The second-order valence-corrected chi connectivity index (χ2v) is 10.1. The predicted octanol–water partition coefficient (Wildman–Crippen LogP) is 10.0. The maximum atomic E-state index is 2.44. The molecule has 0 N–H and O–H groups in total. The summed E-state index contributed by atoms with van der Waals surface area (Å²) in [5, 5.41) is 0. The van der Waals surface area contributed by atoms with E-state index in [9.17, 15) is 0 Å². The highest BCUT2D eigenvalue weighted by Crippen LogP contribution is 2.46. The molecule has 0 heterocycles. The Kier molecular flexibility index (Phi) is 5.72. The summed E-state index contributed by atoms with van der Waals surface area (Å²) in [7, 11) is 0. The van der Waals surface area contributed by atoms with Crippen LogP contribution in [0.3, 0.4) is 0 Å². The molecule has 1 atom stereocenters. The largest absolute Gasteiger partial charge is 0.0622 e. The summed E-state index contributed by atoms with van der Waals surface area (Å²) in [5.74, 6) is 0.267. The minimum Gasteiger partial charge on any atom is -0.0622 e. The fourth-order valence-corrected chi connectivity index (χ4v) is 6.03. The number of fused-ring (bicyclic) bond motifs is 3. The van der Waals surface area contributed by atoms with E-state index in [0.717, 1.165) is 6.42 Å². The molecule has 0 aliphatic heterocycles. The molecule has 0 heteroatoms. The van der Waals surface area contributed by atoms with Gasteiger partial charge < -0.3 is 0 Å². The number of rotatable bonds is 4. The Labute approximate surface area is 224 Å². The molecule has 1 aliphatic rings. The van der Waals surface area contributed by atoms with E-state index in [4.69, 9.17) is 0 Å². The first kappa shape index (κ1) is 22.5. The average molecular weight is 485 g/mol. The lowest BCUT2D eigenvalue weighted by atomic mass is 9.73. The Morgan fingerprint density at radius 1 is 0.342 bits per heavy atom. The van der Waals surface area contributed by atoms with Crippen LogP contribution in [0, 0.1) is 0 Å². The highest BCUT2D eigenvalue weighted by molar-refractivity contribution is 5.81. The molecule has 6 aromatic rings. The summed E-state index contributed by atoms with van der Waals surface area (Å²) in [5.41, 5.74) is 14.6. The van der Waals surface area contributed by atoms with Crippen LogP contribution in [0.2, 0.25) is 0 Å². The summed E-state index contributed by atoms with van der Waals surface area (Å²) in [6, 6.07) is 55.4. The van der Waals surface area contributed by atoms with Gasteiger partial charge in [0.05, 0.1) is 0 Å². The minimum atomic E-state index is 0.267. The zero-order chi connectivity index (χ0) is 25.3. The van der Waals surface area contributed by atoms with Crippen LogP contribution in [0.5, 0.6) is 0 Å². The first-order valence-corrected chi connectivity index (χ1v) is 13.4. The Bertz CT molecular complexity index is 1710. The smallest absolute Gasteiger partial charge is 0.0142 e. The van der Waals surface area contributed by atoms with E-state index >= 15 is 0 Å². The molecule has 0 saturated heterocycles. The molecule has 1 aliphatic carbocycles. The molecule has 1 unspecified atom stereocenters. The third-order valence-corrected chi connectivity index (χ3v) is 7.88. The fraction of sp³-hybridized carbons (Fsp3) is 0.0526. The SMILES string of the molecule is c1ccc(-c2ccc3c(c2)CC(c2cc(-c4ccccc4)ccc2-c2ccccc2)c2ccccc2-3)cc1. The van der Waals surface area contributed by atoms with Gasteiger partial charge in [0.2, 0.25) is 0 Å². The first-order chi connectivity index (χ1) is 18.8. The monoisotopic (exact) mass is 484 g/mol. The molecule has 0 fully saturated rings. The molecular weight excluding hydrogens is 456 g/mol. The molecule has 0 spiro atoms. The minimum absolute atomic E-state index is 0.267. The molecule has 0 aromatic heterocycles. The summed E-state index contributed by atoms with van der Waals surface area (Å²) < 4.78 is 0. The van der Waals surface area contributed by atoms with Crippen molar-refractivity contribution in [2.75, 3.05) is 0 Å². The highest BCUT2D eigenvalue weighted by Gasteiger charge is 2.28. The lowest BCUT2D eigenvalue weighted by molar-refractivity contribution is 0.796. The van der Waals surface area contributed by atoms with Crippen molar-refractivity contribution >= 4 is 0 Å². The molecule has 6 aromatic carbocycles. The maximum Gasteiger partial charge on any atom is 0.0142 e. The van der Waals surface area contributed by atoms with Gasteiger partial charge in [-0.05, 0) is 73.7 Å². The Balaban J connectivity index is 1.42. The van der Waals surface area contributed by atoms with Crippen molar-refractivity contribution in [1.29, 1.82) is 0 Å². The maximum absolute atomic E-state index is 2.44. The second kappa shape index (κ2) is 9.65. The van der Waals surface area contributed by atoms with Crippen LogP contribution in [0.1, 0.15) is 22.6 Å². The summed E-state index contributed by atoms with van der Waals surface area (Å²) in [4.78, 5) is 0. The zero-order valence-corrected chi connectivity index (χ0v) is 21.2. The summed E-state index contributed by atoms with van der Waals surface area (Å²) in [6.45, 7) is 0. The number of hydrogen-bond donors (Lipinski definition) is 0. The fourth-order valence-electron chi connectivity index (χ4n) is 6.03. The molecule has 0 saturated carbocycles. The van der Waals surface area contributed by atoms with E-state index in [0.29, 0.717) is 0 Å². The van der Waals surface area contributed by atoms with Crippen molar-refractivity contribution in [1.82, 2.24) is 0 Å². The molecule has 0 bridgehead atoms.